The van der Waals surface area contributed by atoms with Crippen LogP contribution in [0.15, 0.2) is 29.3 Å². The number of hydrogen-bond acceptors (Lipinski definition) is 3. The maximum atomic E-state index is 12.8. The lowest BCUT2D eigenvalue weighted by Gasteiger charge is -2.27. The third kappa shape index (κ3) is 6.05. The zero-order valence-corrected chi connectivity index (χ0v) is 14.7. The van der Waals surface area contributed by atoms with Crippen LogP contribution in [-0.4, -0.2) is 50.3 Å². The molecular formula is C14H19F3IN3O2. The lowest BCUT2D eigenvalue weighted by atomic mass is 10.2. The van der Waals surface area contributed by atoms with Crippen molar-refractivity contribution in [3.05, 3.63) is 29.8 Å². The molecular weight excluding hydrogens is 426 g/mol. The Hall–Kier alpha value is -1.23. The average Bonchev–Trinajstić information content (AvgIpc) is 2.51. The largest absolute Gasteiger partial charge is 0.491 e. The number of para-hydroxylation sites is 1. The topological polar surface area (TPSA) is 60.1 Å². The second-order valence-electron chi connectivity index (χ2n) is 4.68. The third-order valence-corrected chi connectivity index (χ3v) is 3.15. The van der Waals surface area contributed by atoms with E-state index in [-0.39, 0.29) is 42.9 Å². The Balaban J connectivity index is 0.00000264. The van der Waals surface area contributed by atoms with Gasteiger partial charge in [0.2, 0.25) is 0 Å². The fourth-order valence-corrected chi connectivity index (χ4v) is 2.03. The smallest absolute Gasteiger partial charge is 0.419 e. The summed E-state index contributed by atoms with van der Waals surface area (Å²) >= 11 is 0. The summed E-state index contributed by atoms with van der Waals surface area (Å²) in [5.41, 5.74) is 5.02. The van der Waals surface area contributed by atoms with E-state index >= 15 is 0 Å². The van der Waals surface area contributed by atoms with Gasteiger partial charge in [-0.15, -0.1) is 24.0 Å². The number of halogens is 4. The van der Waals surface area contributed by atoms with Gasteiger partial charge in [0, 0.05) is 13.1 Å². The molecule has 130 valence electrons. The lowest BCUT2D eigenvalue weighted by Crippen LogP contribution is -2.45. The highest BCUT2D eigenvalue weighted by Gasteiger charge is 2.33. The second-order valence-corrected chi connectivity index (χ2v) is 4.68. The minimum absolute atomic E-state index is 0. The summed E-state index contributed by atoms with van der Waals surface area (Å²) in [7, 11) is 0. The van der Waals surface area contributed by atoms with Gasteiger partial charge in [0.15, 0.2) is 5.96 Å². The van der Waals surface area contributed by atoms with Crippen LogP contribution in [0.2, 0.25) is 0 Å². The standard InChI is InChI=1S/C14H18F3N3O2.HI/c15-14(16,17)11-3-1-2-4-12(11)22-8-5-19-13(18)20-6-9-21-10-7-20;/h1-4H,5-10H2,(H2,18,19);1H. The van der Waals surface area contributed by atoms with Crippen LogP contribution in [0.1, 0.15) is 5.56 Å². The van der Waals surface area contributed by atoms with Gasteiger partial charge in [-0.2, -0.15) is 13.2 Å². The molecule has 0 spiro atoms. The molecule has 0 radical (unpaired) electrons. The predicted octanol–water partition coefficient (Wildman–Crippen LogP) is 2.35. The zero-order valence-electron chi connectivity index (χ0n) is 12.4. The van der Waals surface area contributed by atoms with Crippen molar-refractivity contribution < 1.29 is 22.6 Å². The molecule has 1 aliphatic heterocycles. The molecule has 5 nitrogen and oxygen atoms in total. The number of aliphatic imine (C=N–C) groups is 1. The van der Waals surface area contributed by atoms with E-state index in [2.05, 4.69) is 4.99 Å². The normalized spacial score (nSPS) is 16.0. The van der Waals surface area contributed by atoms with Gasteiger partial charge in [-0.1, -0.05) is 12.1 Å². The molecule has 23 heavy (non-hydrogen) atoms. The zero-order chi connectivity index (χ0) is 16.0. The Labute approximate surface area is 149 Å². The predicted molar refractivity (Wildman–Crippen MR) is 91.2 cm³/mol. The molecule has 0 unspecified atom stereocenters. The minimum Gasteiger partial charge on any atom is -0.491 e. The van der Waals surface area contributed by atoms with Crippen molar-refractivity contribution in [3.8, 4) is 5.75 Å². The fourth-order valence-electron chi connectivity index (χ4n) is 2.03. The number of morpholine rings is 1. The first-order chi connectivity index (χ1) is 10.5. The highest BCUT2D eigenvalue weighted by atomic mass is 127. The number of alkyl halides is 3. The Morgan fingerprint density at radius 1 is 1.26 bits per heavy atom. The summed E-state index contributed by atoms with van der Waals surface area (Å²) in [4.78, 5) is 5.98. The molecule has 1 aromatic rings. The van der Waals surface area contributed by atoms with Crippen molar-refractivity contribution in [1.82, 2.24) is 4.90 Å². The minimum atomic E-state index is -4.44. The van der Waals surface area contributed by atoms with Gasteiger partial charge in [0.1, 0.15) is 12.4 Å². The third-order valence-electron chi connectivity index (χ3n) is 3.15. The molecule has 2 N–H and O–H groups in total. The molecule has 2 rings (SSSR count). The van der Waals surface area contributed by atoms with Crippen molar-refractivity contribution in [2.75, 3.05) is 39.5 Å². The van der Waals surface area contributed by atoms with Gasteiger partial charge in [0.25, 0.3) is 0 Å². The van der Waals surface area contributed by atoms with Gasteiger partial charge in [-0.05, 0) is 12.1 Å². The summed E-state index contributed by atoms with van der Waals surface area (Å²) in [6, 6.07) is 5.10. The quantitative estimate of drug-likeness (QED) is 0.335. The molecule has 0 saturated carbocycles. The van der Waals surface area contributed by atoms with Gasteiger partial charge < -0.3 is 20.1 Å². The first kappa shape index (κ1) is 19.8. The van der Waals surface area contributed by atoms with E-state index in [1.165, 1.54) is 18.2 Å². The first-order valence-corrected chi connectivity index (χ1v) is 6.90. The van der Waals surface area contributed by atoms with E-state index in [9.17, 15) is 13.2 Å². The number of nitrogens with zero attached hydrogens (tertiary/aromatic N) is 2. The van der Waals surface area contributed by atoms with Gasteiger partial charge >= 0.3 is 6.18 Å². The SMILES string of the molecule is I.NC(=NCCOc1ccccc1C(F)(F)F)N1CCOCC1. The summed E-state index contributed by atoms with van der Waals surface area (Å²) in [5.74, 6) is 0.158. The molecule has 1 aromatic carbocycles. The van der Waals surface area contributed by atoms with Crippen molar-refractivity contribution in [2.45, 2.75) is 6.18 Å². The van der Waals surface area contributed by atoms with E-state index in [1.807, 2.05) is 4.90 Å². The first-order valence-electron chi connectivity index (χ1n) is 6.90. The van der Waals surface area contributed by atoms with Gasteiger partial charge in [0.05, 0.1) is 25.3 Å². The molecule has 1 heterocycles. The number of benzene rings is 1. The second kappa shape index (κ2) is 9.16. The fraction of sp³-hybridized carbons (Fsp3) is 0.500. The monoisotopic (exact) mass is 445 g/mol. The van der Waals surface area contributed by atoms with Crippen LogP contribution in [-0.2, 0) is 10.9 Å². The molecule has 0 aliphatic carbocycles. The van der Waals surface area contributed by atoms with Crippen LogP contribution in [0.5, 0.6) is 5.75 Å². The number of guanidine groups is 1. The van der Waals surface area contributed by atoms with E-state index in [1.54, 1.807) is 0 Å². The molecule has 1 aliphatic rings. The average molecular weight is 445 g/mol. The Morgan fingerprint density at radius 3 is 2.57 bits per heavy atom. The van der Waals surface area contributed by atoms with Crippen molar-refractivity contribution >= 4 is 29.9 Å². The summed E-state index contributed by atoms with van der Waals surface area (Å²) in [6.07, 6.45) is -4.44. The molecule has 0 atom stereocenters. The number of ether oxygens (including phenoxy) is 2. The molecule has 9 heteroatoms. The number of nitrogens with two attached hydrogens (primary N) is 1. The van der Waals surface area contributed by atoms with Crippen molar-refractivity contribution in [2.24, 2.45) is 10.7 Å². The van der Waals surface area contributed by atoms with Gasteiger partial charge in [-0.3, -0.25) is 0 Å². The highest BCUT2D eigenvalue weighted by Crippen LogP contribution is 2.35. The molecule has 0 amide bonds. The van der Waals surface area contributed by atoms with Crippen molar-refractivity contribution in [1.29, 1.82) is 0 Å². The van der Waals surface area contributed by atoms with Crippen LogP contribution >= 0.6 is 24.0 Å². The molecule has 0 aromatic heterocycles. The summed E-state index contributed by atoms with van der Waals surface area (Å²) < 4.78 is 48.7. The molecule has 1 fully saturated rings. The summed E-state index contributed by atoms with van der Waals surface area (Å²) in [5, 5.41) is 0. The Morgan fingerprint density at radius 2 is 1.91 bits per heavy atom. The van der Waals surface area contributed by atoms with Crippen LogP contribution < -0.4 is 10.5 Å². The Bertz CT molecular complexity index is 520. The van der Waals surface area contributed by atoms with Crippen LogP contribution in [0.4, 0.5) is 13.2 Å². The maximum Gasteiger partial charge on any atom is 0.419 e. The Kier molecular flexibility index (Phi) is 7.89. The summed E-state index contributed by atoms with van der Waals surface area (Å²) in [6.45, 7) is 2.71. The van der Waals surface area contributed by atoms with Gasteiger partial charge in [-0.25, -0.2) is 4.99 Å². The number of hydrogen-bond donors (Lipinski definition) is 1. The van der Waals surface area contributed by atoms with E-state index < -0.39 is 11.7 Å². The van der Waals surface area contributed by atoms with E-state index in [0.29, 0.717) is 32.3 Å². The van der Waals surface area contributed by atoms with Crippen LogP contribution in [0.25, 0.3) is 0 Å². The number of rotatable bonds is 4. The molecule has 1 saturated heterocycles. The lowest BCUT2D eigenvalue weighted by molar-refractivity contribution is -0.138. The highest BCUT2D eigenvalue weighted by molar-refractivity contribution is 14.0. The van der Waals surface area contributed by atoms with Crippen molar-refractivity contribution in [3.63, 3.8) is 0 Å². The van der Waals surface area contributed by atoms with E-state index in [4.69, 9.17) is 15.2 Å². The van der Waals surface area contributed by atoms with Crippen LogP contribution in [0, 0.1) is 0 Å². The van der Waals surface area contributed by atoms with E-state index in [0.717, 1.165) is 6.07 Å². The van der Waals surface area contributed by atoms with Crippen LogP contribution in [0.3, 0.4) is 0 Å². The maximum absolute atomic E-state index is 12.8. The molecule has 0 bridgehead atoms.